The van der Waals surface area contributed by atoms with Gasteiger partial charge in [-0.25, -0.2) is 0 Å². The minimum atomic E-state index is 0.737. The molecule has 0 aliphatic rings. The van der Waals surface area contributed by atoms with Gasteiger partial charge in [-0.05, 0) is 39.7 Å². The number of benzene rings is 2. The van der Waals surface area contributed by atoms with Crippen molar-refractivity contribution in [3.63, 3.8) is 0 Å². The summed E-state index contributed by atoms with van der Waals surface area (Å²) < 4.78 is 2.32. The molecule has 0 fully saturated rings. The molecule has 2 rings (SSSR count). The molecule has 0 aromatic heterocycles. The lowest BCUT2D eigenvalue weighted by Gasteiger charge is -2.22. The number of hydrogen-bond donors (Lipinski definition) is 0. The molecule has 0 heterocycles. The van der Waals surface area contributed by atoms with E-state index in [1.165, 1.54) is 11.4 Å². The summed E-state index contributed by atoms with van der Waals surface area (Å²) in [5, 5.41) is 0. The summed E-state index contributed by atoms with van der Waals surface area (Å²) in [6, 6.07) is 21.0. The minimum Gasteiger partial charge on any atom is -0.323 e. The summed E-state index contributed by atoms with van der Waals surface area (Å²) in [5.41, 5.74) is 2.51. The number of para-hydroxylation sites is 2. The predicted molar refractivity (Wildman–Crippen MR) is 69.3 cm³/mol. The van der Waals surface area contributed by atoms with E-state index in [0.29, 0.717) is 0 Å². The van der Waals surface area contributed by atoms with E-state index >= 15 is 0 Å². The molecule has 0 saturated carbocycles. The normalized spacial score (nSPS) is 10.7. The highest BCUT2D eigenvalue weighted by molar-refractivity contribution is 7.39. The number of anilines is 2. The largest absolute Gasteiger partial charge is 0.323 e. The van der Waals surface area contributed by atoms with Crippen molar-refractivity contribution in [2.24, 2.45) is 0 Å². The Morgan fingerprint density at radius 1 is 0.733 bits per heavy atom. The Morgan fingerprint density at radius 2 is 1.13 bits per heavy atom. The summed E-state index contributed by atoms with van der Waals surface area (Å²) in [6.45, 7) is 2.19. The van der Waals surface area contributed by atoms with Gasteiger partial charge >= 0.3 is 0 Å². The summed E-state index contributed by atoms with van der Waals surface area (Å²) in [7, 11) is 0.737. The second-order valence-corrected chi connectivity index (χ2v) is 4.12. The lowest BCUT2D eigenvalue weighted by atomic mass is 10.3. The second-order valence-electron chi connectivity index (χ2n) is 3.23. The lowest BCUT2D eigenvalue weighted by molar-refractivity contribution is 1.42. The van der Waals surface area contributed by atoms with E-state index < -0.39 is 0 Å². The average Bonchev–Trinajstić information content (AvgIpc) is 2.33. The topological polar surface area (TPSA) is 3.24 Å². The van der Waals surface area contributed by atoms with Crippen molar-refractivity contribution in [3.05, 3.63) is 60.7 Å². The van der Waals surface area contributed by atoms with E-state index in [9.17, 15) is 0 Å². The molecule has 1 unspecified atom stereocenters. The zero-order valence-corrected chi connectivity index (χ0v) is 9.72. The van der Waals surface area contributed by atoms with Gasteiger partial charge in [0.1, 0.15) is 0 Å². The first-order valence-electron chi connectivity index (χ1n) is 4.99. The van der Waals surface area contributed by atoms with E-state index in [1.54, 1.807) is 0 Å². The predicted octanol–water partition coefficient (Wildman–Crippen LogP) is 4.05. The molecule has 2 heteroatoms. The fourth-order valence-electron chi connectivity index (χ4n) is 1.56. The highest BCUT2D eigenvalue weighted by Gasteiger charge is 2.04. The third-order valence-electron chi connectivity index (χ3n) is 2.25. The highest BCUT2D eigenvalue weighted by atomic mass is 31.1. The van der Waals surface area contributed by atoms with E-state index in [2.05, 4.69) is 59.9 Å². The molecule has 0 amide bonds. The van der Waals surface area contributed by atoms with Crippen LogP contribution in [0.3, 0.4) is 0 Å². The summed E-state index contributed by atoms with van der Waals surface area (Å²) in [4.78, 5) is 0. The van der Waals surface area contributed by atoms with Crippen LogP contribution in [0.5, 0.6) is 0 Å². The molecule has 2 aromatic carbocycles. The van der Waals surface area contributed by atoms with Gasteiger partial charge in [0.2, 0.25) is 0 Å². The van der Waals surface area contributed by atoms with Gasteiger partial charge < -0.3 is 4.67 Å². The Balaban J connectivity index is 2.34. The molecule has 0 spiro atoms. The monoisotopic (exact) mass is 215 g/mol. The van der Waals surface area contributed by atoms with Crippen LogP contribution in [0.2, 0.25) is 0 Å². The van der Waals surface area contributed by atoms with Crippen LogP contribution >= 0.6 is 8.73 Å². The van der Waals surface area contributed by atoms with E-state index in [1.807, 2.05) is 12.1 Å². The van der Waals surface area contributed by atoms with Crippen molar-refractivity contribution in [1.82, 2.24) is 0 Å². The third-order valence-corrected chi connectivity index (χ3v) is 3.22. The SMILES string of the molecule is CPN(c1ccccc1)c1ccccc1. The maximum atomic E-state index is 2.32. The smallest absolute Gasteiger partial charge is 0.0444 e. The van der Waals surface area contributed by atoms with Gasteiger partial charge in [0.25, 0.3) is 0 Å². The van der Waals surface area contributed by atoms with E-state index in [-0.39, 0.29) is 0 Å². The molecule has 0 aliphatic heterocycles. The Hall–Kier alpha value is -1.33. The fourth-order valence-corrected chi connectivity index (χ4v) is 2.38. The third kappa shape index (κ3) is 2.37. The molecular formula is C13H14NP. The molecule has 0 saturated heterocycles. The van der Waals surface area contributed by atoms with Crippen molar-refractivity contribution >= 4 is 20.1 Å². The summed E-state index contributed by atoms with van der Waals surface area (Å²) in [5.74, 6) is 0. The van der Waals surface area contributed by atoms with Crippen molar-refractivity contribution in [2.45, 2.75) is 0 Å². The molecule has 1 nitrogen and oxygen atoms in total. The van der Waals surface area contributed by atoms with Crippen LogP contribution in [0.1, 0.15) is 0 Å². The first-order valence-corrected chi connectivity index (χ1v) is 6.44. The van der Waals surface area contributed by atoms with Gasteiger partial charge in [-0.2, -0.15) is 0 Å². The molecule has 0 aliphatic carbocycles. The number of rotatable bonds is 3. The Labute approximate surface area is 92.6 Å². The van der Waals surface area contributed by atoms with Crippen LogP contribution < -0.4 is 4.67 Å². The average molecular weight is 215 g/mol. The van der Waals surface area contributed by atoms with Crippen LogP contribution in [-0.4, -0.2) is 6.66 Å². The first kappa shape index (κ1) is 10.2. The molecule has 1 atom stereocenters. The molecule has 2 aromatic rings. The van der Waals surface area contributed by atoms with Crippen molar-refractivity contribution < 1.29 is 0 Å². The zero-order chi connectivity index (χ0) is 10.5. The van der Waals surface area contributed by atoms with Gasteiger partial charge in [-0.1, -0.05) is 36.4 Å². The van der Waals surface area contributed by atoms with E-state index in [0.717, 1.165) is 8.73 Å². The van der Waals surface area contributed by atoms with Gasteiger partial charge in [0.15, 0.2) is 0 Å². The van der Waals surface area contributed by atoms with Crippen LogP contribution in [0.4, 0.5) is 11.4 Å². The molecule has 0 radical (unpaired) electrons. The highest BCUT2D eigenvalue weighted by Crippen LogP contribution is 2.33. The van der Waals surface area contributed by atoms with Crippen LogP contribution in [0.25, 0.3) is 0 Å². The van der Waals surface area contributed by atoms with Crippen molar-refractivity contribution in [2.75, 3.05) is 11.3 Å². The number of hydrogen-bond acceptors (Lipinski definition) is 1. The first-order chi connectivity index (χ1) is 7.42. The fraction of sp³-hybridized carbons (Fsp3) is 0.0769. The minimum absolute atomic E-state index is 0.737. The Bertz CT molecular complexity index is 360. The Morgan fingerprint density at radius 3 is 1.47 bits per heavy atom. The molecular weight excluding hydrogens is 201 g/mol. The standard InChI is InChI=1S/C13H14NP/c1-15-14(12-8-4-2-5-9-12)13-10-6-3-7-11-13/h2-11,15H,1H3. The van der Waals surface area contributed by atoms with Crippen LogP contribution in [0.15, 0.2) is 60.7 Å². The van der Waals surface area contributed by atoms with Gasteiger partial charge in [-0.3, -0.25) is 0 Å². The lowest BCUT2D eigenvalue weighted by Crippen LogP contribution is -2.03. The van der Waals surface area contributed by atoms with Gasteiger partial charge in [0, 0.05) is 11.4 Å². The van der Waals surface area contributed by atoms with Crippen LogP contribution in [0, 0.1) is 0 Å². The van der Waals surface area contributed by atoms with Gasteiger partial charge in [0.05, 0.1) is 0 Å². The van der Waals surface area contributed by atoms with Crippen molar-refractivity contribution in [1.29, 1.82) is 0 Å². The quantitative estimate of drug-likeness (QED) is 0.698. The van der Waals surface area contributed by atoms with Crippen molar-refractivity contribution in [3.8, 4) is 0 Å². The number of nitrogens with zero attached hydrogens (tertiary/aromatic N) is 1. The van der Waals surface area contributed by atoms with E-state index in [4.69, 9.17) is 0 Å². The molecule has 0 bridgehead atoms. The summed E-state index contributed by atoms with van der Waals surface area (Å²) in [6.07, 6.45) is 0. The molecule has 76 valence electrons. The molecule has 0 N–H and O–H groups in total. The zero-order valence-electron chi connectivity index (χ0n) is 8.72. The maximum absolute atomic E-state index is 2.32. The maximum Gasteiger partial charge on any atom is 0.0444 e. The summed E-state index contributed by atoms with van der Waals surface area (Å²) >= 11 is 0. The second kappa shape index (κ2) is 4.95. The Kier molecular flexibility index (Phi) is 3.37. The molecule has 15 heavy (non-hydrogen) atoms. The van der Waals surface area contributed by atoms with Gasteiger partial charge in [-0.15, -0.1) is 0 Å². The van der Waals surface area contributed by atoms with Crippen LogP contribution in [-0.2, 0) is 0 Å².